The molecule has 0 aliphatic heterocycles. The van der Waals surface area contributed by atoms with Gasteiger partial charge in [0.05, 0.1) is 7.11 Å². The van der Waals surface area contributed by atoms with Crippen molar-refractivity contribution in [2.75, 3.05) is 19.4 Å². The second-order valence-electron chi connectivity index (χ2n) is 5.07. The maximum Gasteiger partial charge on any atom is 0.360 e. The van der Waals surface area contributed by atoms with E-state index in [4.69, 9.17) is 5.73 Å². The van der Waals surface area contributed by atoms with Crippen LogP contribution in [0.1, 0.15) is 43.1 Å². The van der Waals surface area contributed by atoms with Crippen molar-refractivity contribution in [3.05, 3.63) is 11.5 Å². The van der Waals surface area contributed by atoms with Crippen LogP contribution >= 0.6 is 0 Å². The number of aryl methyl sites for hydroxylation is 1. The Morgan fingerprint density at radius 2 is 2.00 bits per heavy atom. The lowest BCUT2D eigenvalue weighted by atomic mass is 10.2. The highest BCUT2D eigenvalue weighted by Gasteiger charge is 2.25. The molecule has 1 unspecified atom stereocenters. The van der Waals surface area contributed by atoms with E-state index in [1.54, 1.807) is 13.8 Å². The van der Waals surface area contributed by atoms with Gasteiger partial charge in [-0.3, -0.25) is 4.79 Å². The Morgan fingerprint density at radius 1 is 1.40 bits per heavy atom. The van der Waals surface area contributed by atoms with Gasteiger partial charge < -0.3 is 20.4 Å². The molecule has 3 N–H and O–H groups in total. The van der Waals surface area contributed by atoms with Crippen molar-refractivity contribution < 1.29 is 14.3 Å². The van der Waals surface area contributed by atoms with Crippen molar-refractivity contribution in [2.24, 2.45) is 5.92 Å². The first-order valence-corrected chi connectivity index (χ1v) is 6.49. The number of aromatic nitrogens is 2. The average Bonchev–Trinajstić information content (AvgIpc) is 2.69. The van der Waals surface area contributed by atoms with Gasteiger partial charge in [-0.2, -0.15) is 0 Å². The molecule has 7 heteroatoms. The van der Waals surface area contributed by atoms with E-state index in [0.717, 1.165) is 0 Å². The largest absolute Gasteiger partial charge is 0.464 e. The van der Waals surface area contributed by atoms with Crippen LogP contribution < -0.4 is 11.1 Å². The first-order chi connectivity index (χ1) is 9.29. The standard InChI is InChI=1S/C13H22N4O3/c1-7(2)6-15-12(18)8(3)17-9(4)16-10(11(17)14)13(19)20-5/h7-8H,6,14H2,1-5H3,(H,15,18). The third-order valence-corrected chi connectivity index (χ3v) is 2.95. The first-order valence-electron chi connectivity index (χ1n) is 6.49. The highest BCUT2D eigenvalue weighted by atomic mass is 16.5. The van der Waals surface area contributed by atoms with Crippen molar-refractivity contribution in [3.63, 3.8) is 0 Å². The molecule has 0 aliphatic rings. The Hall–Kier alpha value is -2.05. The summed E-state index contributed by atoms with van der Waals surface area (Å²) in [7, 11) is 1.26. The molecule has 1 amide bonds. The predicted octanol–water partition coefficient (Wildman–Crippen LogP) is 0.894. The highest BCUT2D eigenvalue weighted by molar-refractivity contribution is 5.92. The van der Waals surface area contributed by atoms with E-state index in [1.807, 2.05) is 13.8 Å². The number of esters is 1. The van der Waals surface area contributed by atoms with Crippen molar-refractivity contribution in [2.45, 2.75) is 33.7 Å². The van der Waals surface area contributed by atoms with Gasteiger partial charge in [-0.15, -0.1) is 0 Å². The normalized spacial score (nSPS) is 12.3. The minimum atomic E-state index is -0.612. The van der Waals surface area contributed by atoms with Crippen LogP contribution in [0.15, 0.2) is 0 Å². The van der Waals surface area contributed by atoms with Gasteiger partial charge >= 0.3 is 5.97 Å². The van der Waals surface area contributed by atoms with E-state index in [9.17, 15) is 9.59 Å². The number of anilines is 1. The van der Waals surface area contributed by atoms with E-state index in [2.05, 4.69) is 15.0 Å². The van der Waals surface area contributed by atoms with Gasteiger partial charge in [0.1, 0.15) is 17.7 Å². The van der Waals surface area contributed by atoms with Gasteiger partial charge in [0.25, 0.3) is 0 Å². The molecule has 0 radical (unpaired) electrons. The smallest absolute Gasteiger partial charge is 0.360 e. The molecule has 1 heterocycles. The lowest BCUT2D eigenvalue weighted by Crippen LogP contribution is -2.34. The number of nitrogens with two attached hydrogens (primary N) is 1. The van der Waals surface area contributed by atoms with Crippen LogP contribution in [-0.4, -0.2) is 35.1 Å². The Labute approximate surface area is 118 Å². The zero-order valence-corrected chi connectivity index (χ0v) is 12.6. The number of nitrogens with one attached hydrogen (secondary N) is 1. The Balaban J connectivity index is 2.98. The SMILES string of the molecule is COC(=O)c1nc(C)n(C(C)C(=O)NCC(C)C)c1N. The fourth-order valence-electron chi connectivity index (χ4n) is 1.87. The van der Waals surface area contributed by atoms with Gasteiger partial charge in [-0.05, 0) is 19.8 Å². The zero-order valence-electron chi connectivity index (χ0n) is 12.6. The number of ether oxygens (including phenoxy) is 1. The molecular formula is C13H22N4O3. The molecule has 0 aliphatic carbocycles. The number of hydrogen-bond donors (Lipinski definition) is 2. The van der Waals surface area contributed by atoms with Crippen molar-refractivity contribution in [1.82, 2.24) is 14.9 Å². The second kappa shape index (κ2) is 6.40. The topological polar surface area (TPSA) is 99.2 Å². The Kier molecular flexibility index (Phi) is 5.12. The lowest BCUT2D eigenvalue weighted by molar-refractivity contribution is -0.124. The highest BCUT2D eigenvalue weighted by Crippen LogP contribution is 2.21. The molecule has 0 saturated carbocycles. The number of rotatable bonds is 5. The number of hydrogen-bond acceptors (Lipinski definition) is 5. The zero-order chi connectivity index (χ0) is 15.4. The molecule has 112 valence electrons. The lowest BCUT2D eigenvalue weighted by Gasteiger charge is -2.17. The van der Waals surface area contributed by atoms with Gasteiger partial charge in [0.15, 0.2) is 5.69 Å². The molecule has 0 saturated heterocycles. The van der Waals surface area contributed by atoms with Crippen LogP contribution in [0.25, 0.3) is 0 Å². The van der Waals surface area contributed by atoms with Crippen molar-refractivity contribution in [1.29, 1.82) is 0 Å². The van der Waals surface area contributed by atoms with Crippen molar-refractivity contribution >= 4 is 17.7 Å². The van der Waals surface area contributed by atoms with E-state index in [0.29, 0.717) is 18.3 Å². The second-order valence-corrected chi connectivity index (χ2v) is 5.07. The Bertz CT molecular complexity index is 508. The van der Waals surface area contributed by atoms with E-state index in [-0.39, 0.29) is 17.4 Å². The summed E-state index contributed by atoms with van der Waals surface area (Å²) in [6, 6.07) is -0.542. The minimum Gasteiger partial charge on any atom is -0.464 e. The van der Waals surface area contributed by atoms with Crippen molar-refractivity contribution in [3.8, 4) is 0 Å². The van der Waals surface area contributed by atoms with Crippen LogP contribution in [0.2, 0.25) is 0 Å². The van der Waals surface area contributed by atoms with Crippen LogP contribution in [-0.2, 0) is 9.53 Å². The summed E-state index contributed by atoms with van der Waals surface area (Å²) in [6.07, 6.45) is 0. The number of imidazole rings is 1. The summed E-state index contributed by atoms with van der Waals surface area (Å²) in [5.74, 6) is 0.219. The number of carbonyl (C=O) groups excluding carboxylic acids is 2. The van der Waals surface area contributed by atoms with E-state index >= 15 is 0 Å². The molecule has 0 bridgehead atoms. The quantitative estimate of drug-likeness (QED) is 0.781. The van der Waals surface area contributed by atoms with Gasteiger partial charge in [0.2, 0.25) is 5.91 Å². The number of amides is 1. The maximum absolute atomic E-state index is 12.1. The summed E-state index contributed by atoms with van der Waals surface area (Å²) in [6.45, 7) is 8.01. The average molecular weight is 282 g/mol. The molecule has 0 fully saturated rings. The number of nitrogen functional groups attached to an aromatic ring is 1. The monoisotopic (exact) mass is 282 g/mol. The molecule has 1 aromatic rings. The van der Waals surface area contributed by atoms with Gasteiger partial charge in [-0.1, -0.05) is 13.8 Å². The molecule has 0 aromatic carbocycles. The molecule has 7 nitrogen and oxygen atoms in total. The van der Waals surface area contributed by atoms with Crippen LogP contribution in [0.5, 0.6) is 0 Å². The molecule has 1 atom stereocenters. The fraction of sp³-hybridized carbons (Fsp3) is 0.615. The van der Waals surface area contributed by atoms with Crippen LogP contribution in [0.3, 0.4) is 0 Å². The molecule has 1 rings (SSSR count). The molecular weight excluding hydrogens is 260 g/mol. The van der Waals surface area contributed by atoms with Crippen LogP contribution in [0, 0.1) is 12.8 Å². The fourth-order valence-corrected chi connectivity index (χ4v) is 1.87. The number of nitrogens with zero attached hydrogens (tertiary/aromatic N) is 2. The summed E-state index contributed by atoms with van der Waals surface area (Å²) in [5.41, 5.74) is 5.93. The Morgan fingerprint density at radius 3 is 2.50 bits per heavy atom. The number of methoxy groups -OCH3 is 1. The minimum absolute atomic E-state index is 0.0357. The predicted molar refractivity (Wildman–Crippen MR) is 75.3 cm³/mol. The molecule has 20 heavy (non-hydrogen) atoms. The third-order valence-electron chi connectivity index (χ3n) is 2.95. The van der Waals surface area contributed by atoms with Gasteiger partial charge in [0, 0.05) is 6.54 Å². The number of carbonyl (C=O) groups is 2. The summed E-state index contributed by atoms with van der Waals surface area (Å²) < 4.78 is 6.14. The van der Waals surface area contributed by atoms with E-state index < -0.39 is 12.0 Å². The van der Waals surface area contributed by atoms with Gasteiger partial charge in [-0.25, -0.2) is 9.78 Å². The first kappa shape index (κ1) is 16.0. The van der Waals surface area contributed by atoms with Crippen LogP contribution in [0.4, 0.5) is 5.82 Å². The van der Waals surface area contributed by atoms with E-state index in [1.165, 1.54) is 11.7 Å². The summed E-state index contributed by atoms with van der Waals surface area (Å²) in [5, 5.41) is 2.83. The maximum atomic E-state index is 12.1. The molecule has 0 spiro atoms. The molecule has 1 aromatic heterocycles. The third kappa shape index (κ3) is 3.28. The summed E-state index contributed by atoms with van der Waals surface area (Å²) in [4.78, 5) is 27.7. The summed E-state index contributed by atoms with van der Waals surface area (Å²) >= 11 is 0.